The molecule has 43 heavy (non-hydrogen) atoms. The van der Waals surface area contributed by atoms with Crippen molar-refractivity contribution >= 4 is 5.97 Å². The number of hydrogen-bond donors (Lipinski definition) is 1. The summed E-state index contributed by atoms with van der Waals surface area (Å²) in [5.41, 5.74) is 4.84. The maximum atomic E-state index is 14.4. The van der Waals surface area contributed by atoms with Crippen LogP contribution >= 0.6 is 0 Å². The van der Waals surface area contributed by atoms with Crippen LogP contribution < -0.4 is 0 Å². The van der Waals surface area contributed by atoms with Gasteiger partial charge in [-0.1, -0.05) is 63.2 Å². The number of rotatable bonds is 12. The molecule has 2 aromatic carbocycles. The van der Waals surface area contributed by atoms with Crippen LogP contribution in [0, 0.1) is 17.7 Å². The molecule has 2 aliphatic rings. The summed E-state index contributed by atoms with van der Waals surface area (Å²) >= 11 is 0. The summed E-state index contributed by atoms with van der Waals surface area (Å²) in [4.78, 5) is 17.1. The topological polar surface area (TPSA) is 61.6 Å². The molecular weight excluding hydrogens is 539 g/mol. The van der Waals surface area contributed by atoms with Gasteiger partial charge < -0.3 is 10.0 Å². The van der Waals surface area contributed by atoms with Gasteiger partial charge in [0.2, 0.25) is 0 Å². The molecule has 0 bridgehead atoms. The molecule has 232 valence electrons. The van der Waals surface area contributed by atoms with E-state index in [9.17, 15) is 14.3 Å². The zero-order chi connectivity index (χ0) is 30.5. The Balaban J connectivity index is 1.27. The van der Waals surface area contributed by atoms with Gasteiger partial charge in [-0.05, 0) is 99.3 Å². The number of likely N-dealkylation sites (tertiary alicyclic amines) is 1. The molecular formula is C36H49FN4O2. The lowest BCUT2D eigenvalue weighted by Gasteiger charge is -2.36. The van der Waals surface area contributed by atoms with Gasteiger partial charge in [-0.25, -0.2) is 4.39 Å². The highest BCUT2D eigenvalue weighted by molar-refractivity contribution is 5.73. The Labute approximate surface area is 256 Å². The maximum Gasteiger partial charge on any atom is 0.321 e. The average molecular weight is 589 g/mol. The predicted molar refractivity (Wildman–Crippen MR) is 170 cm³/mol. The third-order valence-corrected chi connectivity index (χ3v) is 9.91. The second-order valence-electron chi connectivity index (χ2n) is 13.0. The first-order valence-electron chi connectivity index (χ1n) is 16.3. The average Bonchev–Trinajstić information content (AvgIpc) is 3.60. The minimum absolute atomic E-state index is 0.0212. The molecule has 1 N–H and O–H groups in total. The molecule has 0 spiro atoms. The Morgan fingerprint density at radius 3 is 2.42 bits per heavy atom. The molecule has 0 radical (unpaired) electrons. The van der Waals surface area contributed by atoms with Crippen LogP contribution in [0.15, 0.2) is 60.7 Å². The normalized spacial score (nSPS) is 22.4. The van der Waals surface area contributed by atoms with E-state index in [-0.39, 0.29) is 23.7 Å². The Morgan fingerprint density at radius 1 is 1.05 bits per heavy atom. The molecule has 1 aromatic heterocycles. The molecule has 4 atom stereocenters. The Bertz CT molecular complexity index is 1330. The summed E-state index contributed by atoms with van der Waals surface area (Å²) in [6, 6.07) is 19.6. The molecule has 1 saturated carbocycles. The van der Waals surface area contributed by atoms with E-state index >= 15 is 0 Å². The van der Waals surface area contributed by atoms with Crippen molar-refractivity contribution in [2.24, 2.45) is 11.8 Å². The van der Waals surface area contributed by atoms with Crippen LogP contribution in [0.4, 0.5) is 4.39 Å². The van der Waals surface area contributed by atoms with Crippen LogP contribution in [0.2, 0.25) is 0 Å². The number of likely N-dealkylation sites (N-methyl/N-ethyl adjacent to an activating group) is 1. The van der Waals surface area contributed by atoms with Crippen LogP contribution in [0.1, 0.15) is 87.7 Å². The molecule has 7 heteroatoms. The van der Waals surface area contributed by atoms with E-state index in [0.29, 0.717) is 18.4 Å². The van der Waals surface area contributed by atoms with E-state index in [1.807, 2.05) is 19.9 Å². The Morgan fingerprint density at radius 2 is 1.79 bits per heavy atom. The number of piperidine rings is 1. The van der Waals surface area contributed by atoms with Crippen molar-refractivity contribution in [1.82, 2.24) is 19.6 Å². The predicted octanol–water partition coefficient (Wildman–Crippen LogP) is 6.81. The minimum Gasteiger partial charge on any atom is -0.480 e. The van der Waals surface area contributed by atoms with Gasteiger partial charge in [-0.2, -0.15) is 5.10 Å². The van der Waals surface area contributed by atoms with E-state index in [4.69, 9.17) is 5.10 Å². The van der Waals surface area contributed by atoms with E-state index in [1.54, 1.807) is 6.07 Å². The summed E-state index contributed by atoms with van der Waals surface area (Å²) in [5.74, 6) is 0.156. The van der Waals surface area contributed by atoms with Crippen molar-refractivity contribution in [1.29, 1.82) is 0 Å². The van der Waals surface area contributed by atoms with E-state index in [0.717, 1.165) is 69.5 Å². The fourth-order valence-electron chi connectivity index (χ4n) is 7.91. The maximum absolute atomic E-state index is 14.4. The Hall–Kier alpha value is -3.03. The fraction of sp³-hybridized carbons (Fsp3) is 0.556. The first kappa shape index (κ1) is 31.4. The second-order valence-corrected chi connectivity index (χ2v) is 13.0. The van der Waals surface area contributed by atoms with Crippen LogP contribution in [0.25, 0.3) is 0 Å². The fourth-order valence-corrected chi connectivity index (χ4v) is 7.91. The number of nitrogens with zero attached hydrogens (tertiary/aromatic N) is 4. The van der Waals surface area contributed by atoms with E-state index < -0.39 is 12.0 Å². The summed E-state index contributed by atoms with van der Waals surface area (Å²) in [5, 5.41) is 15.0. The van der Waals surface area contributed by atoms with Gasteiger partial charge in [0.25, 0.3) is 0 Å². The standard InChI is InChI=1S/C36H49FN4O2/c1-5-40(35(25(3)4)36(42)43)32-21-29(33(23-32)28-13-10-14-30(37)20-28)24-39-17-15-27(16-18-39)34-22-31(38-41(34)6-2)19-26-11-8-7-9-12-26/h7-14,20,22,25,27,29,32-33,35H,5-6,15-19,21,23-24H2,1-4H3,(H,42,43)/t29-,32+,33-,35-/m1/s1. The summed E-state index contributed by atoms with van der Waals surface area (Å²) in [7, 11) is 0. The monoisotopic (exact) mass is 588 g/mol. The van der Waals surface area contributed by atoms with Crippen LogP contribution in [-0.2, 0) is 17.8 Å². The van der Waals surface area contributed by atoms with Crippen LogP contribution in [-0.4, -0.2) is 68.9 Å². The number of aromatic nitrogens is 2. The van der Waals surface area contributed by atoms with E-state index in [2.05, 4.69) is 70.8 Å². The highest BCUT2D eigenvalue weighted by atomic mass is 19.1. The lowest BCUT2D eigenvalue weighted by molar-refractivity contribution is -0.146. The number of carboxylic acid groups (broad SMARTS) is 1. The van der Waals surface area contributed by atoms with Gasteiger partial charge in [-0.3, -0.25) is 14.4 Å². The van der Waals surface area contributed by atoms with Gasteiger partial charge in [0.05, 0.1) is 5.69 Å². The molecule has 5 rings (SSSR count). The van der Waals surface area contributed by atoms with Crippen LogP contribution in [0.3, 0.4) is 0 Å². The van der Waals surface area contributed by atoms with Crippen LogP contribution in [0.5, 0.6) is 0 Å². The molecule has 3 aromatic rings. The number of aliphatic carboxylic acids is 1. The zero-order valence-corrected chi connectivity index (χ0v) is 26.3. The van der Waals surface area contributed by atoms with Crippen molar-refractivity contribution < 1.29 is 14.3 Å². The third-order valence-electron chi connectivity index (χ3n) is 9.91. The van der Waals surface area contributed by atoms with Crippen molar-refractivity contribution in [2.75, 3.05) is 26.2 Å². The van der Waals surface area contributed by atoms with Gasteiger partial charge in [0.1, 0.15) is 11.9 Å². The first-order chi connectivity index (χ1) is 20.8. The van der Waals surface area contributed by atoms with Crippen molar-refractivity contribution in [3.63, 3.8) is 0 Å². The lowest BCUT2D eigenvalue weighted by atomic mass is 9.87. The molecule has 6 nitrogen and oxygen atoms in total. The number of aryl methyl sites for hydroxylation is 1. The number of carbonyl (C=O) groups is 1. The smallest absolute Gasteiger partial charge is 0.321 e. The number of carboxylic acids is 1. The van der Waals surface area contributed by atoms with Gasteiger partial charge in [-0.15, -0.1) is 0 Å². The Kier molecular flexibility index (Phi) is 10.3. The van der Waals surface area contributed by atoms with Crippen molar-refractivity contribution in [3.8, 4) is 0 Å². The molecule has 1 aliphatic heterocycles. The molecule has 0 amide bonds. The highest BCUT2D eigenvalue weighted by Gasteiger charge is 2.42. The largest absolute Gasteiger partial charge is 0.480 e. The van der Waals surface area contributed by atoms with Crippen molar-refractivity contribution in [3.05, 3.63) is 89.0 Å². The van der Waals surface area contributed by atoms with Gasteiger partial charge >= 0.3 is 5.97 Å². The summed E-state index contributed by atoms with van der Waals surface area (Å²) in [6.45, 7) is 12.9. The summed E-state index contributed by atoms with van der Waals surface area (Å²) < 4.78 is 16.6. The lowest BCUT2D eigenvalue weighted by Crippen LogP contribution is -2.49. The molecule has 0 unspecified atom stereocenters. The van der Waals surface area contributed by atoms with Gasteiger partial charge in [0, 0.05) is 37.2 Å². The summed E-state index contributed by atoms with van der Waals surface area (Å²) in [6.07, 6.45) is 4.88. The third kappa shape index (κ3) is 7.38. The zero-order valence-electron chi connectivity index (χ0n) is 26.3. The molecule has 2 fully saturated rings. The number of halogens is 1. The molecule has 2 heterocycles. The SMILES string of the molecule is CCN([C@H]1C[C@H](CN2CCC(c3cc(Cc4ccccc4)nn3CC)CC2)[C@@H](c2cccc(F)c2)C1)[C@@H](C(=O)O)C(C)C. The minimum atomic E-state index is -0.747. The second kappa shape index (κ2) is 14.2. The highest BCUT2D eigenvalue weighted by Crippen LogP contribution is 2.44. The van der Waals surface area contributed by atoms with Crippen molar-refractivity contribution in [2.45, 2.75) is 90.3 Å². The van der Waals surface area contributed by atoms with E-state index in [1.165, 1.54) is 17.3 Å². The first-order valence-corrected chi connectivity index (χ1v) is 16.3. The molecule has 1 saturated heterocycles. The molecule has 1 aliphatic carbocycles. The quantitative estimate of drug-likeness (QED) is 0.252. The number of benzene rings is 2. The number of hydrogen-bond acceptors (Lipinski definition) is 4. The van der Waals surface area contributed by atoms with Gasteiger partial charge in [0.15, 0.2) is 0 Å².